The lowest BCUT2D eigenvalue weighted by atomic mass is 10.1. The second-order valence-corrected chi connectivity index (χ2v) is 9.45. The van der Waals surface area contributed by atoms with Crippen molar-refractivity contribution in [1.82, 2.24) is 24.3 Å². The molecule has 214 valence electrons. The smallest absolute Gasteiger partial charge is 0.382 e. The maximum absolute atomic E-state index is 13.0. The number of pyridine rings is 1. The zero-order valence-corrected chi connectivity index (χ0v) is 22.2. The van der Waals surface area contributed by atoms with Crippen molar-refractivity contribution < 1.29 is 32.2 Å². The molecule has 1 saturated heterocycles. The molecule has 0 spiro atoms. The van der Waals surface area contributed by atoms with Crippen molar-refractivity contribution in [2.75, 3.05) is 44.5 Å². The van der Waals surface area contributed by atoms with E-state index in [1.807, 2.05) is 0 Å². The number of carbonyl (C=O) groups is 2. The van der Waals surface area contributed by atoms with Gasteiger partial charge in [0.15, 0.2) is 0 Å². The first kappa shape index (κ1) is 28.3. The maximum atomic E-state index is 13.0. The lowest BCUT2D eigenvalue weighted by Gasteiger charge is -2.32. The third-order valence-electron chi connectivity index (χ3n) is 6.39. The van der Waals surface area contributed by atoms with Gasteiger partial charge in [-0.1, -0.05) is 23.7 Å². The SMILES string of the molecule is COCC(=O)N1CCO[C@@H](c2nc(-c3ccc(C(=O)Nc4cc(C(F)(F)F)ccn4)cc3)c3c(N)ncc(Cl)n23)C1. The normalized spacial score (nSPS) is 15.7. The summed E-state index contributed by atoms with van der Waals surface area (Å²) in [5, 5.41) is 2.59. The third-order valence-corrected chi connectivity index (χ3v) is 6.66. The van der Waals surface area contributed by atoms with Crippen molar-refractivity contribution in [1.29, 1.82) is 0 Å². The second-order valence-electron chi connectivity index (χ2n) is 9.06. The number of nitrogen functional groups attached to an aromatic ring is 1. The number of imidazole rings is 1. The topological polar surface area (TPSA) is 137 Å². The van der Waals surface area contributed by atoms with Crippen LogP contribution in [0.4, 0.5) is 24.8 Å². The highest BCUT2D eigenvalue weighted by molar-refractivity contribution is 6.30. The van der Waals surface area contributed by atoms with Crippen LogP contribution in [0.3, 0.4) is 0 Å². The summed E-state index contributed by atoms with van der Waals surface area (Å²) in [4.78, 5) is 39.5. The lowest BCUT2D eigenvalue weighted by Crippen LogP contribution is -2.44. The molecule has 0 bridgehead atoms. The number of fused-ring (bicyclic) bond motifs is 1. The molecular weight excluding hydrogens is 567 g/mol. The number of halogens is 4. The van der Waals surface area contributed by atoms with Gasteiger partial charge in [-0.15, -0.1) is 0 Å². The Kier molecular flexibility index (Phi) is 7.80. The van der Waals surface area contributed by atoms with E-state index >= 15 is 0 Å². The van der Waals surface area contributed by atoms with E-state index in [1.165, 1.54) is 25.4 Å². The Morgan fingerprint density at radius 1 is 1.22 bits per heavy atom. The van der Waals surface area contributed by atoms with Crippen molar-refractivity contribution in [3.8, 4) is 11.3 Å². The first-order valence-electron chi connectivity index (χ1n) is 12.2. The van der Waals surface area contributed by atoms with Crippen LogP contribution in [0, 0.1) is 0 Å². The molecule has 1 aliphatic rings. The zero-order chi connectivity index (χ0) is 29.3. The quantitative estimate of drug-likeness (QED) is 0.346. The number of methoxy groups -OCH3 is 1. The van der Waals surface area contributed by atoms with E-state index in [4.69, 9.17) is 31.8 Å². The first-order valence-corrected chi connectivity index (χ1v) is 12.6. The van der Waals surface area contributed by atoms with E-state index in [2.05, 4.69) is 15.3 Å². The number of aromatic nitrogens is 4. The summed E-state index contributed by atoms with van der Waals surface area (Å²) in [6.07, 6.45) is -2.86. The number of hydrogen-bond donors (Lipinski definition) is 2. The van der Waals surface area contributed by atoms with Gasteiger partial charge >= 0.3 is 6.18 Å². The Hall–Kier alpha value is -4.27. The fraction of sp³-hybridized carbons (Fsp3) is 0.269. The largest absolute Gasteiger partial charge is 0.416 e. The number of nitrogens with one attached hydrogen (secondary N) is 1. The Bertz CT molecular complexity index is 1610. The van der Waals surface area contributed by atoms with E-state index in [9.17, 15) is 22.8 Å². The van der Waals surface area contributed by atoms with E-state index in [-0.39, 0.29) is 48.0 Å². The van der Waals surface area contributed by atoms with Crippen LogP contribution >= 0.6 is 11.6 Å². The van der Waals surface area contributed by atoms with E-state index in [0.717, 1.165) is 18.3 Å². The molecule has 0 aliphatic carbocycles. The fourth-order valence-electron chi connectivity index (χ4n) is 4.44. The highest BCUT2D eigenvalue weighted by Crippen LogP contribution is 2.35. The van der Waals surface area contributed by atoms with Crippen molar-refractivity contribution in [2.24, 2.45) is 0 Å². The van der Waals surface area contributed by atoms with Crippen molar-refractivity contribution >= 4 is 40.6 Å². The van der Waals surface area contributed by atoms with E-state index in [1.54, 1.807) is 21.4 Å². The summed E-state index contributed by atoms with van der Waals surface area (Å²) in [7, 11) is 1.44. The summed E-state index contributed by atoms with van der Waals surface area (Å²) >= 11 is 6.51. The fourth-order valence-corrected chi connectivity index (χ4v) is 4.66. The molecular formula is C26H23ClF3N7O4. The van der Waals surface area contributed by atoms with Crippen LogP contribution < -0.4 is 11.1 Å². The minimum absolute atomic E-state index is 0.0678. The van der Waals surface area contributed by atoms with Gasteiger partial charge in [0.05, 0.1) is 24.9 Å². The van der Waals surface area contributed by atoms with Gasteiger partial charge in [0.2, 0.25) is 5.91 Å². The molecule has 1 atom stereocenters. The highest BCUT2D eigenvalue weighted by atomic mass is 35.5. The van der Waals surface area contributed by atoms with Gasteiger partial charge in [0.1, 0.15) is 46.5 Å². The molecule has 1 aliphatic heterocycles. The summed E-state index contributed by atoms with van der Waals surface area (Å²) in [6, 6.07) is 7.75. The molecule has 0 saturated carbocycles. The Morgan fingerprint density at radius 3 is 2.68 bits per heavy atom. The number of ether oxygens (including phenoxy) is 2. The lowest BCUT2D eigenvalue weighted by molar-refractivity contribution is -0.143. The Morgan fingerprint density at radius 2 is 1.98 bits per heavy atom. The molecule has 11 nitrogen and oxygen atoms in total. The van der Waals surface area contributed by atoms with Crippen LogP contribution in [0.5, 0.6) is 0 Å². The van der Waals surface area contributed by atoms with Gasteiger partial charge < -0.3 is 25.4 Å². The minimum Gasteiger partial charge on any atom is -0.382 e. The van der Waals surface area contributed by atoms with Gasteiger partial charge in [-0.05, 0) is 24.3 Å². The molecule has 41 heavy (non-hydrogen) atoms. The molecule has 0 unspecified atom stereocenters. The van der Waals surface area contributed by atoms with Crippen molar-refractivity contribution in [3.05, 3.63) is 70.9 Å². The minimum atomic E-state index is -4.57. The molecule has 3 N–H and O–H groups in total. The number of nitrogens with two attached hydrogens (primary N) is 1. The van der Waals surface area contributed by atoms with Crippen LogP contribution in [0.2, 0.25) is 5.15 Å². The number of nitrogens with zero attached hydrogens (tertiary/aromatic N) is 5. The number of morpholine rings is 1. The second kappa shape index (κ2) is 11.3. The number of alkyl halides is 3. The number of anilines is 2. The van der Waals surface area contributed by atoms with Gasteiger partial charge in [-0.3, -0.25) is 14.0 Å². The summed E-state index contributed by atoms with van der Waals surface area (Å²) in [5.74, 6) is -0.537. The van der Waals surface area contributed by atoms with Crippen molar-refractivity contribution in [3.63, 3.8) is 0 Å². The molecule has 1 aromatic carbocycles. The molecule has 5 rings (SSSR count). The zero-order valence-electron chi connectivity index (χ0n) is 21.5. The monoisotopic (exact) mass is 589 g/mol. The van der Waals surface area contributed by atoms with Crippen LogP contribution in [0.1, 0.15) is 27.8 Å². The average molecular weight is 590 g/mol. The molecule has 1 fully saturated rings. The van der Waals surface area contributed by atoms with Gasteiger partial charge in [0, 0.05) is 31.0 Å². The molecule has 4 heterocycles. The number of hydrogen-bond acceptors (Lipinski definition) is 8. The van der Waals surface area contributed by atoms with Gasteiger partial charge in [-0.2, -0.15) is 13.2 Å². The standard InChI is InChI=1S/C26H23ClF3N7O4/c1-40-13-20(38)36-8-9-41-17(12-36)24-35-21(22-23(31)33-11-18(27)37(22)24)14-2-4-15(5-3-14)25(39)34-19-10-16(6-7-32-19)26(28,29)30/h2-7,10-11,17H,8-9,12-13H2,1H3,(H2,31,33)(H,32,34,39)/t17-/m1/s1. The number of rotatable bonds is 6. The van der Waals surface area contributed by atoms with E-state index < -0.39 is 23.8 Å². The van der Waals surface area contributed by atoms with Crippen molar-refractivity contribution in [2.45, 2.75) is 12.3 Å². The number of amides is 2. The molecule has 4 aromatic rings. The number of benzene rings is 1. The number of carbonyl (C=O) groups excluding carboxylic acids is 2. The average Bonchev–Trinajstić information content (AvgIpc) is 3.37. The highest BCUT2D eigenvalue weighted by Gasteiger charge is 2.32. The predicted octanol–water partition coefficient (Wildman–Crippen LogP) is 3.84. The predicted molar refractivity (Wildman–Crippen MR) is 142 cm³/mol. The first-order chi connectivity index (χ1) is 19.6. The summed E-state index contributed by atoms with van der Waals surface area (Å²) < 4.78 is 51.5. The van der Waals surface area contributed by atoms with E-state index in [0.29, 0.717) is 29.1 Å². The van der Waals surface area contributed by atoms with Gasteiger partial charge in [-0.25, -0.2) is 15.0 Å². The third kappa shape index (κ3) is 5.80. The molecule has 2 amide bonds. The Balaban J connectivity index is 1.45. The van der Waals surface area contributed by atoms with Crippen LogP contribution in [0.15, 0.2) is 48.8 Å². The van der Waals surface area contributed by atoms with Crippen LogP contribution in [0.25, 0.3) is 16.8 Å². The maximum Gasteiger partial charge on any atom is 0.416 e. The van der Waals surface area contributed by atoms with Crippen LogP contribution in [-0.2, 0) is 20.4 Å². The van der Waals surface area contributed by atoms with Crippen LogP contribution in [-0.4, -0.2) is 69.5 Å². The molecule has 0 radical (unpaired) electrons. The Labute approximate surface area is 236 Å². The summed E-state index contributed by atoms with van der Waals surface area (Å²) in [5.41, 5.74) is 6.83. The summed E-state index contributed by atoms with van der Waals surface area (Å²) in [6.45, 7) is 0.808. The van der Waals surface area contributed by atoms with Gasteiger partial charge in [0.25, 0.3) is 5.91 Å². The molecule has 15 heteroatoms. The molecule has 3 aromatic heterocycles.